The summed E-state index contributed by atoms with van der Waals surface area (Å²) in [5, 5.41) is 10.2. The minimum Gasteiger partial charge on any atom is -0.390 e. The molecule has 5 nitrogen and oxygen atoms in total. The van der Waals surface area contributed by atoms with Crippen molar-refractivity contribution in [3.63, 3.8) is 0 Å². The van der Waals surface area contributed by atoms with Crippen LogP contribution in [0.4, 0.5) is 8.78 Å². The zero-order chi connectivity index (χ0) is 15.2. The van der Waals surface area contributed by atoms with Gasteiger partial charge in [0.2, 0.25) is 5.91 Å². The highest BCUT2D eigenvalue weighted by Crippen LogP contribution is 2.12. The Kier molecular flexibility index (Phi) is 5.58. The number of hydrogen-bond donors (Lipinski definition) is 2. The van der Waals surface area contributed by atoms with Crippen LogP contribution in [0.25, 0.3) is 0 Å². The van der Waals surface area contributed by atoms with Crippen molar-refractivity contribution in [3.8, 4) is 0 Å². The average Bonchev–Trinajstić information content (AvgIpc) is 2.44. The first-order valence-electron chi connectivity index (χ1n) is 5.80. The number of rotatable bonds is 7. The monoisotopic (exact) mass is 307 g/mol. The first-order valence-corrected chi connectivity index (χ1v) is 7.45. The van der Waals surface area contributed by atoms with E-state index < -0.39 is 47.0 Å². The van der Waals surface area contributed by atoms with Gasteiger partial charge in [-0.05, 0) is 12.1 Å². The van der Waals surface area contributed by atoms with Gasteiger partial charge in [0.25, 0.3) is 5.92 Å². The maximum Gasteiger partial charge on any atom is 0.287 e. The predicted octanol–water partition coefficient (Wildman–Crippen LogP) is 0.594. The molecule has 0 heterocycles. The highest BCUT2D eigenvalue weighted by molar-refractivity contribution is 7.91. The lowest BCUT2D eigenvalue weighted by molar-refractivity contribution is -0.123. The highest BCUT2D eigenvalue weighted by atomic mass is 32.2. The van der Waals surface area contributed by atoms with E-state index in [9.17, 15) is 22.0 Å². The summed E-state index contributed by atoms with van der Waals surface area (Å²) in [6.07, 6.45) is -0.418. The second kappa shape index (κ2) is 6.76. The summed E-state index contributed by atoms with van der Waals surface area (Å²) in [6.45, 7) is -2.40. The van der Waals surface area contributed by atoms with E-state index in [4.69, 9.17) is 5.11 Å². The molecule has 1 rings (SSSR count). The van der Waals surface area contributed by atoms with Gasteiger partial charge in [-0.15, -0.1) is 0 Å². The Morgan fingerprint density at radius 3 is 2.40 bits per heavy atom. The molecule has 0 aliphatic carbocycles. The summed E-state index contributed by atoms with van der Waals surface area (Å²) < 4.78 is 49.0. The van der Waals surface area contributed by atoms with Gasteiger partial charge in [-0.1, -0.05) is 18.2 Å². The zero-order valence-electron chi connectivity index (χ0n) is 10.6. The van der Waals surface area contributed by atoms with Gasteiger partial charge in [0.05, 0.1) is 17.2 Å². The van der Waals surface area contributed by atoms with Crippen LogP contribution in [0.5, 0.6) is 0 Å². The Balaban J connectivity index is 2.49. The Morgan fingerprint density at radius 2 is 1.85 bits per heavy atom. The number of aliphatic hydroxyl groups excluding tert-OH is 1. The molecular formula is C12H15F2NO4S. The molecule has 0 radical (unpaired) electrons. The van der Waals surface area contributed by atoms with Gasteiger partial charge in [-0.25, -0.2) is 17.2 Å². The molecule has 0 unspecified atom stereocenters. The molecule has 0 aliphatic heterocycles. The predicted molar refractivity (Wildman–Crippen MR) is 68.2 cm³/mol. The van der Waals surface area contributed by atoms with Crippen molar-refractivity contribution >= 4 is 15.7 Å². The molecule has 1 aromatic carbocycles. The Morgan fingerprint density at radius 1 is 1.25 bits per heavy atom. The smallest absolute Gasteiger partial charge is 0.287 e. The molecule has 8 heteroatoms. The summed E-state index contributed by atoms with van der Waals surface area (Å²) in [5.41, 5.74) is 0. The Labute approximate surface area is 115 Å². The maximum atomic E-state index is 12.7. The zero-order valence-corrected chi connectivity index (χ0v) is 11.4. The van der Waals surface area contributed by atoms with E-state index in [1.165, 1.54) is 12.1 Å². The maximum absolute atomic E-state index is 12.7. The molecule has 112 valence electrons. The second-order valence-electron chi connectivity index (χ2n) is 4.17. The molecule has 0 bridgehead atoms. The first kappa shape index (κ1) is 16.5. The molecule has 0 aliphatic rings. The van der Waals surface area contributed by atoms with Crippen molar-refractivity contribution in [3.05, 3.63) is 30.3 Å². The van der Waals surface area contributed by atoms with Crippen molar-refractivity contribution < 1.29 is 27.1 Å². The fraction of sp³-hybridized carbons (Fsp3) is 0.417. The average molecular weight is 307 g/mol. The minimum atomic E-state index is -3.61. The summed E-state index contributed by atoms with van der Waals surface area (Å²) in [7, 11) is -3.61. The highest BCUT2D eigenvalue weighted by Gasteiger charge is 2.28. The Bertz CT molecular complexity index is 546. The number of hydrogen-bond acceptors (Lipinski definition) is 4. The van der Waals surface area contributed by atoms with Crippen LogP contribution < -0.4 is 5.32 Å². The van der Waals surface area contributed by atoms with Crippen LogP contribution >= 0.6 is 0 Å². The van der Waals surface area contributed by atoms with Crippen LogP contribution in [0.1, 0.15) is 6.42 Å². The van der Waals surface area contributed by atoms with E-state index in [0.29, 0.717) is 0 Å². The normalized spacial score (nSPS) is 12.2. The number of nitrogens with one attached hydrogen (secondary N) is 1. The molecular weight excluding hydrogens is 292 g/mol. The van der Waals surface area contributed by atoms with E-state index in [1.807, 2.05) is 5.32 Å². The van der Waals surface area contributed by atoms with Crippen molar-refractivity contribution in [2.75, 3.05) is 18.9 Å². The van der Waals surface area contributed by atoms with Gasteiger partial charge >= 0.3 is 0 Å². The van der Waals surface area contributed by atoms with Gasteiger partial charge in [-0.2, -0.15) is 0 Å². The van der Waals surface area contributed by atoms with E-state index in [1.54, 1.807) is 18.2 Å². The molecule has 1 amide bonds. The topological polar surface area (TPSA) is 83.5 Å². The quantitative estimate of drug-likeness (QED) is 0.772. The SMILES string of the molecule is O=C(CCS(=O)(=O)c1ccccc1)NCC(F)(F)CO. The van der Waals surface area contributed by atoms with E-state index in [2.05, 4.69) is 0 Å². The summed E-state index contributed by atoms with van der Waals surface area (Å²) in [4.78, 5) is 11.4. The number of alkyl halides is 2. The van der Waals surface area contributed by atoms with Gasteiger partial charge in [0.15, 0.2) is 9.84 Å². The fourth-order valence-corrected chi connectivity index (χ4v) is 2.61. The van der Waals surface area contributed by atoms with Crippen LogP contribution in [0, 0.1) is 0 Å². The summed E-state index contributed by atoms with van der Waals surface area (Å²) in [5.74, 6) is -4.68. The largest absolute Gasteiger partial charge is 0.390 e. The van der Waals surface area contributed by atoms with Crippen molar-refractivity contribution in [2.24, 2.45) is 0 Å². The molecule has 0 saturated heterocycles. The van der Waals surface area contributed by atoms with Gasteiger partial charge in [0.1, 0.15) is 6.61 Å². The Hall–Kier alpha value is -1.54. The lowest BCUT2D eigenvalue weighted by Crippen LogP contribution is -2.39. The number of carbonyl (C=O) groups excluding carboxylic acids is 1. The number of amides is 1. The third-order valence-electron chi connectivity index (χ3n) is 2.48. The van der Waals surface area contributed by atoms with Crippen LogP contribution in [-0.4, -0.2) is 44.3 Å². The van der Waals surface area contributed by atoms with Crippen molar-refractivity contribution in [1.82, 2.24) is 5.32 Å². The molecule has 0 atom stereocenters. The van der Waals surface area contributed by atoms with E-state index in [0.717, 1.165) is 0 Å². The summed E-state index contributed by atoms with van der Waals surface area (Å²) in [6, 6.07) is 7.55. The molecule has 20 heavy (non-hydrogen) atoms. The van der Waals surface area contributed by atoms with Crippen LogP contribution in [0.2, 0.25) is 0 Å². The lowest BCUT2D eigenvalue weighted by Gasteiger charge is -2.13. The fourth-order valence-electron chi connectivity index (χ4n) is 1.34. The number of aliphatic hydroxyl groups is 1. The van der Waals surface area contributed by atoms with E-state index >= 15 is 0 Å². The lowest BCUT2D eigenvalue weighted by atomic mass is 10.3. The third kappa shape index (κ3) is 5.22. The number of sulfone groups is 1. The molecule has 0 aromatic heterocycles. The molecule has 0 saturated carbocycles. The van der Waals surface area contributed by atoms with Crippen LogP contribution in [0.15, 0.2) is 35.2 Å². The molecule has 0 fully saturated rings. The minimum absolute atomic E-state index is 0.0773. The summed E-state index contributed by atoms with van der Waals surface area (Å²) >= 11 is 0. The number of halogens is 2. The number of benzene rings is 1. The molecule has 1 aromatic rings. The molecule has 0 spiro atoms. The van der Waals surface area contributed by atoms with E-state index in [-0.39, 0.29) is 4.90 Å². The van der Waals surface area contributed by atoms with Crippen LogP contribution in [-0.2, 0) is 14.6 Å². The van der Waals surface area contributed by atoms with Gasteiger partial charge in [-0.3, -0.25) is 4.79 Å². The third-order valence-corrected chi connectivity index (χ3v) is 4.21. The second-order valence-corrected chi connectivity index (χ2v) is 6.28. The van der Waals surface area contributed by atoms with Gasteiger partial charge in [0, 0.05) is 6.42 Å². The van der Waals surface area contributed by atoms with Crippen LogP contribution in [0.3, 0.4) is 0 Å². The first-order chi connectivity index (χ1) is 9.27. The van der Waals surface area contributed by atoms with Gasteiger partial charge < -0.3 is 10.4 Å². The molecule has 2 N–H and O–H groups in total. The standard InChI is InChI=1S/C12H15F2NO4S/c13-12(14,9-16)8-15-11(17)6-7-20(18,19)10-4-2-1-3-5-10/h1-5,16H,6-9H2,(H,15,17). The van der Waals surface area contributed by atoms with Crippen molar-refractivity contribution in [1.29, 1.82) is 0 Å². The number of carbonyl (C=O) groups is 1. The van der Waals surface area contributed by atoms with Crippen molar-refractivity contribution in [2.45, 2.75) is 17.2 Å².